The number of allylic oxidation sites excluding steroid dienone is 2. The monoisotopic (exact) mass is 461 g/mol. The first kappa shape index (κ1) is 16.6. The van der Waals surface area contributed by atoms with Crippen LogP contribution in [-0.2, 0) is 20.1 Å². The van der Waals surface area contributed by atoms with Gasteiger partial charge in [0.2, 0.25) is 0 Å². The fourth-order valence-corrected chi connectivity index (χ4v) is 3.59. The second kappa shape index (κ2) is 5.44. The molecule has 0 atom stereocenters. The summed E-state index contributed by atoms with van der Waals surface area (Å²) in [6, 6.07) is 11.6. The van der Waals surface area contributed by atoms with E-state index in [-0.39, 0.29) is 30.9 Å². The van der Waals surface area contributed by atoms with Gasteiger partial charge in [-0.1, -0.05) is 27.7 Å². The third-order valence-electron chi connectivity index (χ3n) is 4.72. The fourth-order valence-electron chi connectivity index (χ4n) is 3.59. The zero-order valence-electron chi connectivity index (χ0n) is 13.5. The van der Waals surface area contributed by atoms with Crippen molar-refractivity contribution < 1.29 is 20.1 Å². The van der Waals surface area contributed by atoms with Crippen molar-refractivity contribution in [2.24, 2.45) is 10.8 Å². The van der Waals surface area contributed by atoms with Gasteiger partial charge in [0.1, 0.15) is 0 Å². The number of anilines is 1. The quantitative estimate of drug-likeness (QED) is 0.573. The molecule has 3 rings (SSSR count). The average molecular weight is 461 g/mol. The third-order valence-corrected chi connectivity index (χ3v) is 4.72. The largest absolute Gasteiger partial charge is 0.507 e. The van der Waals surface area contributed by atoms with Gasteiger partial charge in [-0.25, -0.2) is 0 Å². The van der Waals surface area contributed by atoms with E-state index in [4.69, 9.17) is 0 Å². The van der Waals surface area contributed by atoms with Crippen LogP contribution in [0.25, 0.3) is 0 Å². The number of hydrogen-bond donors (Lipinski definition) is 0. The van der Waals surface area contributed by atoms with Crippen LogP contribution in [0.2, 0.25) is 0 Å². The Bertz CT molecular complexity index is 546. The predicted octanol–water partition coefficient (Wildman–Crippen LogP) is 4.41. The fraction of sp³-hybridized carbons (Fsp3) is 0.500. The van der Waals surface area contributed by atoms with E-state index in [2.05, 4.69) is 69.4 Å². The molecule has 2 nitrogen and oxygen atoms in total. The molecule has 1 radical (unpaired) electrons. The molecule has 0 N–H and O–H groups in total. The molecular weight excluding hydrogens is 436 g/mol. The Morgan fingerprint density at radius 1 is 1.05 bits per heavy atom. The Balaban J connectivity index is 0.00000161. The van der Waals surface area contributed by atoms with Crippen LogP contribution in [0, 0.1) is 23.6 Å². The first-order chi connectivity index (χ1) is 9.33. The molecule has 1 aliphatic carbocycles. The van der Waals surface area contributed by atoms with E-state index in [1.165, 1.54) is 24.2 Å². The van der Waals surface area contributed by atoms with Crippen LogP contribution in [0.5, 0.6) is 0 Å². The summed E-state index contributed by atoms with van der Waals surface area (Å²) in [7, 11) is 2.17. The van der Waals surface area contributed by atoms with E-state index in [0.717, 1.165) is 5.69 Å². The van der Waals surface area contributed by atoms with Crippen LogP contribution < -0.4 is 4.90 Å². The summed E-state index contributed by atoms with van der Waals surface area (Å²) in [5, 5.41) is 0. The van der Waals surface area contributed by atoms with Crippen LogP contribution >= 0.6 is 0 Å². The number of benzene rings is 1. The summed E-state index contributed by atoms with van der Waals surface area (Å²) in [6.45, 7) is 11.7. The molecule has 117 valence electrons. The van der Waals surface area contributed by atoms with Crippen LogP contribution in [0.15, 0.2) is 35.7 Å². The van der Waals surface area contributed by atoms with E-state index < -0.39 is 0 Å². The Kier molecular flexibility index (Phi) is 4.30. The number of para-hydroxylation sites is 1. The van der Waals surface area contributed by atoms with Crippen molar-refractivity contribution in [1.82, 2.24) is 4.90 Å². The maximum Gasteiger partial charge on any atom is 0.0113 e. The van der Waals surface area contributed by atoms with Crippen LogP contribution in [-0.4, -0.2) is 11.9 Å². The number of rotatable bonds is 1. The minimum atomic E-state index is 0. The predicted molar refractivity (Wildman–Crippen MR) is 83.6 cm³/mol. The summed E-state index contributed by atoms with van der Waals surface area (Å²) in [5.41, 5.74) is 4.48. The molecule has 0 spiro atoms. The zero-order valence-corrected chi connectivity index (χ0v) is 15.9. The Labute approximate surface area is 142 Å². The Morgan fingerprint density at radius 2 is 1.67 bits per heavy atom. The van der Waals surface area contributed by atoms with E-state index >= 15 is 0 Å². The van der Waals surface area contributed by atoms with Crippen molar-refractivity contribution in [2.45, 2.75) is 40.5 Å². The van der Waals surface area contributed by atoms with Gasteiger partial charge in [-0.05, 0) is 19.9 Å². The van der Waals surface area contributed by atoms with Gasteiger partial charge < -0.3 is 9.80 Å². The molecule has 0 aromatic heterocycles. The van der Waals surface area contributed by atoms with Crippen molar-refractivity contribution in [2.75, 3.05) is 11.9 Å². The molecular formula is C18H24IrN2-2. The second-order valence-corrected chi connectivity index (χ2v) is 7.31. The first-order valence-corrected chi connectivity index (χ1v) is 7.42. The van der Waals surface area contributed by atoms with E-state index in [9.17, 15) is 0 Å². The second-order valence-electron chi connectivity index (χ2n) is 7.31. The number of nitrogens with zero attached hydrogens (tertiary/aromatic N) is 2. The summed E-state index contributed by atoms with van der Waals surface area (Å²) in [5.74, 6) is 0. The molecule has 0 fully saturated rings. The van der Waals surface area contributed by atoms with E-state index in [1.54, 1.807) is 0 Å². The maximum absolute atomic E-state index is 3.36. The normalized spacial score (nSPS) is 22.9. The van der Waals surface area contributed by atoms with Crippen molar-refractivity contribution in [1.29, 1.82) is 0 Å². The maximum atomic E-state index is 3.36. The van der Waals surface area contributed by atoms with Gasteiger partial charge >= 0.3 is 0 Å². The van der Waals surface area contributed by atoms with Gasteiger partial charge in [-0.15, -0.1) is 5.69 Å². The first-order valence-electron chi connectivity index (χ1n) is 7.42. The molecule has 1 aromatic carbocycles. The smallest absolute Gasteiger partial charge is 0.0113 e. The number of hydrogen-bond acceptors (Lipinski definition) is 2. The van der Waals surface area contributed by atoms with Crippen LogP contribution in [0.1, 0.15) is 40.5 Å². The standard InChI is InChI=1S/C18H24N2.Ir/c1-17(2)11-12-18(3,4)16-15(17)19(5)13-20(16)14-9-7-6-8-10-14;/h6-9,13H,11-12H2,1-5H3;/q-2;. The molecule has 0 unspecified atom stereocenters. The van der Waals surface area contributed by atoms with Crippen molar-refractivity contribution >= 4 is 5.69 Å². The topological polar surface area (TPSA) is 6.48 Å². The van der Waals surface area contributed by atoms with Crippen molar-refractivity contribution in [3.8, 4) is 0 Å². The van der Waals surface area contributed by atoms with Crippen molar-refractivity contribution in [3.05, 3.63) is 48.4 Å². The molecule has 21 heavy (non-hydrogen) atoms. The molecule has 0 amide bonds. The molecule has 0 saturated heterocycles. The third kappa shape index (κ3) is 2.66. The molecule has 1 aromatic rings. The van der Waals surface area contributed by atoms with Crippen LogP contribution in [0.3, 0.4) is 0 Å². The van der Waals surface area contributed by atoms with Gasteiger partial charge in [0.15, 0.2) is 0 Å². The molecule has 1 heterocycles. The Morgan fingerprint density at radius 3 is 2.24 bits per heavy atom. The average Bonchev–Trinajstić information content (AvgIpc) is 2.76. The van der Waals surface area contributed by atoms with E-state index in [1.807, 2.05) is 12.1 Å². The molecule has 2 aliphatic rings. The van der Waals surface area contributed by atoms with Gasteiger partial charge in [0.05, 0.1) is 0 Å². The van der Waals surface area contributed by atoms with Gasteiger partial charge in [-0.2, -0.15) is 37.0 Å². The minimum Gasteiger partial charge on any atom is -0.507 e. The molecule has 3 heteroatoms. The minimum absolute atomic E-state index is 0. The van der Waals surface area contributed by atoms with Crippen LogP contribution in [0.4, 0.5) is 5.69 Å². The Hall–Kier alpha value is -0.791. The van der Waals surface area contributed by atoms with Gasteiger partial charge in [0.25, 0.3) is 0 Å². The van der Waals surface area contributed by atoms with Crippen molar-refractivity contribution in [3.63, 3.8) is 0 Å². The summed E-state index contributed by atoms with van der Waals surface area (Å²) >= 11 is 0. The van der Waals surface area contributed by atoms with Gasteiger partial charge in [-0.3, -0.25) is 0 Å². The molecule has 1 aliphatic heterocycles. The van der Waals surface area contributed by atoms with E-state index in [0.29, 0.717) is 0 Å². The summed E-state index contributed by atoms with van der Waals surface area (Å²) in [4.78, 5) is 4.63. The summed E-state index contributed by atoms with van der Waals surface area (Å²) in [6.07, 6.45) is 2.47. The zero-order chi connectivity index (χ0) is 14.5. The summed E-state index contributed by atoms with van der Waals surface area (Å²) < 4.78 is 0. The van der Waals surface area contributed by atoms with Gasteiger partial charge in [0, 0.05) is 42.3 Å². The SMILES string of the molecule is CN1[CH-]N(c2[c-]cccc2)C2=C1C(C)(C)CCC2(C)C.[Ir]. The molecule has 0 bridgehead atoms. The molecule has 0 saturated carbocycles.